The van der Waals surface area contributed by atoms with E-state index < -0.39 is 29.5 Å². The minimum atomic E-state index is -1.54. The van der Waals surface area contributed by atoms with Crippen LogP contribution in [0.3, 0.4) is 0 Å². The molecule has 1 atom stereocenters. The van der Waals surface area contributed by atoms with Gasteiger partial charge in [0, 0.05) is 6.42 Å². The Labute approximate surface area is 94.0 Å². The molecule has 0 spiro atoms. The largest absolute Gasteiger partial charge is 0.479 e. The third-order valence-electron chi connectivity index (χ3n) is 1.58. The zero-order valence-corrected chi connectivity index (χ0v) is 9.86. The van der Waals surface area contributed by atoms with Crippen LogP contribution in [0.2, 0.25) is 0 Å². The van der Waals surface area contributed by atoms with Crippen molar-refractivity contribution in [1.82, 2.24) is 5.32 Å². The maximum atomic E-state index is 11.2. The second-order valence-corrected chi connectivity index (χ2v) is 4.24. The van der Waals surface area contributed by atoms with Crippen molar-refractivity contribution >= 4 is 17.8 Å². The van der Waals surface area contributed by atoms with Crippen LogP contribution < -0.4 is 5.32 Å². The number of nitrogens with one attached hydrogen (secondary N) is 1. The molecule has 16 heavy (non-hydrogen) atoms. The van der Waals surface area contributed by atoms with Gasteiger partial charge in [0.2, 0.25) is 0 Å². The van der Waals surface area contributed by atoms with Gasteiger partial charge in [-0.3, -0.25) is 4.79 Å². The van der Waals surface area contributed by atoms with Gasteiger partial charge in [0.25, 0.3) is 0 Å². The van der Waals surface area contributed by atoms with E-state index in [0.29, 0.717) is 0 Å². The minimum absolute atomic E-state index is 0.0345. The highest BCUT2D eigenvalue weighted by atomic mass is 16.6. The molecule has 0 aromatic heterocycles. The van der Waals surface area contributed by atoms with Gasteiger partial charge in [-0.15, -0.1) is 0 Å². The zero-order valence-electron chi connectivity index (χ0n) is 9.86. The Morgan fingerprint density at radius 1 is 1.31 bits per heavy atom. The number of alkyl carbamates (subject to hydrolysis) is 1. The third-order valence-corrected chi connectivity index (χ3v) is 1.58. The van der Waals surface area contributed by atoms with Crippen molar-refractivity contribution in [3.8, 4) is 0 Å². The highest BCUT2D eigenvalue weighted by Gasteiger charge is 2.28. The predicted octanol–water partition coefficient (Wildman–Crippen LogP) is 0.943. The van der Waals surface area contributed by atoms with Gasteiger partial charge in [0.05, 0.1) is 0 Å². The molecule has 0 bridgehead atoms. The fourth-order valence-electron chi connectivity index (χ4n) is 0.909. The van der Waals surface area contributed by atoms with Crippen LogP contribution in [0.5, 0.6) is 0 Å². The van der Waals surface area contributed by atoms with Crippen molar-refractivity contribution in [2.75, 3.05) is 0 Å². The number of Topliss-reactive ketones (excluding diaryl/α,β-unsaturated/α-hetero) is 1. The van der Waals surface area contributed by atoms with Gasteiger partial charge in [0.1, 0.15) is 5.60 Å². The first kappa shape index (κ1) is 14.4. The van der Waals surface area contributed by atoms with Gasteiger partial charge in [-0.25, -0.2) is 9.59 Å². The summed E-state index contributed by atoms with van der Waals surface area (Å²) in [5, 5.41) is 10.7. The summed E-state index contributed by atoms with van der Waals surface area (Å²) in [4.78, 5) is 33.2. The quantitative estimate of drug-likeness (QED) is 0.702. The molecule has 0 saturated carbocycles. The molecule has 0 aliphatic heterocycles. The van der Waals surface area contributed by atoms with Crippen molar-refractivity contribution in [1.29, 1.82) is 0 Å². The van der Waals surface area contributed by atoms with Gasteiger partial charge in [-0.1, -0.05) is 6.92 Å². The number of carbonyl (C=O) groups excluding carboxylic acids is 2. The van der Waals surface area contributed by atoms with E-state index >= 15 is 0 Å². The summed E-state index contributed by atoms with van der Waals surface area (Å²) < 4.78 is 4.85. The number of hydrogen-bond acceptors (Lipinski definition) is 4. The third kappa shape index (κ3) is 5.33. The molecule has 6 heteroatoms. The highest BCUT2D eigenvalue weighted by molar-refractivity contribution is 6.04. The van der Waals surface area contributed by atoms with E-state index in [-0.39, 0.29) is 6.42 Å². The van der Waals surface area contributed by atoms with E-state index in [2.05, 4.69) is 0 Å². The van der Waals surface area contributed by atoms with E-state index in [9.17, 15) is 14.4 Å². The smallest absolute Gasteiger partial charge is 0.408 e. The van der Waals surface area contributed by atoms with Gasteiger partial charge in [-0.2, -0.15) is 0 Å². The molecule has 0 unspecified atom stereocenters. The summed E-state index contributed by atoms with van der Waals surface area (Å²) in [7, 11) is 0. The standard InChI is InChI=1S/C10H17NO5/c1-5-6(12)7(8(13)14)11-9(15)16-10(2,3)4/h7H,5H2,1-4H3,(H,11,15)(H,13,14)/t7-/m0/s1. The lowest BCUT2D eigenvalue weighted by molar-refractivity contribution is -0.143. The summed E-state index contributed by atoms with van der Waals surface area (Å²) >= 11 is 0. The number of hydrogen-bond donors (Lipinski definition) is 2. The Morgan fingerprint density at radius 3 is 2.12 bits per heavy atom. The van der Waals surface area contributed by atoms with Crippen LogP contribution in [0.1, 0.15) is 34.1 Å². The van der Waals surface area contributed by atoms with E-state index in [4.69, 9.17) is 9.84 Å². The van der Waals surface area contributed by atoms with Crippen LogP contribution in [0.25, 0.3) is 0 Å². The lowest BCUT2D eigenvalue weighted by Gasteiger charge is -2.21. The number of carboxylic acid groups (broad SMARTS) is 1. The van der Waals surface area contributed by atoms with Crippen molar-refractivity contribution in [2.24, 2.45) is 0 Å². The van der Waals surface area contributed by atoms with Crippen molar-refractivity contribution in [2.45, 2.75) is 45.8 Å². The number of carbonyl (C=O) groups is 3. The number of ketones is 1. The van der Waals surface area contributed by atoms with Crippen LogP contribution >= 0.6 is 0 Å². The normalized spacial score (nSPS) is 12.8. The Hall–Kier alpha value is -1.59. The van der Waals surface area contributed by atoms with Gasteiger partial charge in [-0.05, 0) is 20.8 Å². The first-order valence-electron chi connectivity index (χ1n) is 4.92. The van der Waals surface area contributed by atoms with E-state index in [1.165, 1.54) is 6.92 Å². The fourth-order valence-corrected chi connectivity index (χ4v) is 0.909. The van der Waals surface area contributed by atoms with Gasteiger partial charge in [0.15, 0.2) is 11.8 Å². The lowest BCUT2D eigenvalue weighted by atomic mass is 10.1. The Balaban J connectivity index is 4.48. The summed E-state index contributed by atoms with van der Waals surface area (Å²) in [5.41, 5.74) is -0.734. The number of carboxylic acids is 1. The Kier molecular flexibility index (Phi) is 4.94. The fraction of sp³-hybridized carbons (Fsp3) is 0.700. The molecular formula is C10H17NO5. The van der Waals surface area contributed by atoms with Gasteiger partial charge >= 0.3 is 12.1 Å². The van der Waals surface area contributed by atoms with Crippen LogP contribution in [0.15, 0.2) is 0 Å². The zero-order chi connectivity index (χ0) is 12.9. The van der Waals surface area contributed by atoms with Gasteiger partial charge < -0.3 is 15.2 Å². The highest BCUT2D eigenvalue weighted by Crippen LogP contribution is 2.07. The Bertz CT molecular complexity index is 292. The summed E-state index contributed by atoms with van der Waals surface area (Å²) in [6.45, 7) is 6.45. The molecule has 0 aliphatic carbocycles. The molecule has 0 aromatic rings. The molecule has 2 N–H and O–H groups in total. The molecule has 92 valence electrons. The van der Waals surface area contributed by atoms with Crippen molar-refractivity contribution in [3.63, 3.8) is 0 Å². The number of aliphatic carboxylic acids is 1. The van der Waals surface area contributed by atoms with Crippen molar-refractivity contribution in [3.05, 3.63) is 0 Å². The van der Waals surface area contributed by atoms with Crippen LogP contribution in [0.4, 0.5) is 4.79 Å². The average Bonchev–Trinajstić information content (AvgIpc) is 2.09. The SMILES string of the molecule is CCC(=O)[C@H](NC(=O)OC(C)(C)C)C(=O)O. The Morgan fingerprint density at radius 2 is 1.81 bits per heavy atom. The molecule has 6 nitrogen and oxygen atoms in total. The molecule has 0 saturated heterocycles. The molecule has 0 radical (unpaired) electrons. The molecule has 0 fully saturated rings. The molecule has 0 rings (SSSR count). The van der Waals surface area contributed by atoms with Crippen LogP contribution in [0, 0.1) is 0 Å². The second kappa shape index (κ2) is 5.48. The van der Waals surface area contributed by atoms with E-state index in [1.807, 2.05) is 5.32 Å². The topological polar surface area (TPSA) is 92.7 Å². The van der Waals surface area contributed by atoms with E-state index in [1.54, 1.807) is 20.8 Å². The number of ether oxygens (including phenoxy) is 1. The molecule has 0 aromatic carbocycles. The minimum Gasteiger partial charge on any atom is -0.479 e. The second-order valence-electron chi connectivity index (χ2n) is 4.24. The molecule has 0 aliphatic rings. The first-order chi connectivity index (χ1) is 7.17. The number of rotatable bonds is 4. The summed E-state index contributed by atoms with van der Waals surface area (Å²) in [6.07, 6.45) is -0.881. The van der Waals surface area contributed by atoms with E-state index in [0.717, 1.165) is 0 Å². The monoisotopic (exact) mass is 231 g/mol. The van der Waals surface area contributed by atoms with Crippen LogP contribution in [-0.4, -0.2) is 34.6 Å². The molecule has 0 heterocycles. The maximum absolute atomic E-state index is 11.2. The summed E-state index contributed by atoms with van der Waals surface area (Å²) in [5.74, 6) is -1.96. The maximum Gasteiger partial charge on any atom is 0.408 e. The molecule has 1 amide bonds. The predicted molar refractivity (Wildman–Crippen MR) is 56.1 cm³/mol. The molecular weight excluding hydrogens is 214 g/mol. The summed E-state index contributed by atoms with van der Waals surface area (Å²) in [6, 6.07) is -1.54. The average molecular weight is 231 g/mol. The first-order valence-corrected chi connectivity index (χ1v) is 4.92. The van der Waals surface area contributed by atoms with Crippen LogP contribution in [-0.2, 0) is 14.3 Å². The number of amides is 1. The van der Waals surface area contributed by atoms with Crippen molar-refractivity contribution < 1.29 is 24.2 Å². The lowest BCUT2D eigenvalue weighted by Crippen LogP contribution is -2.47.